The van der Waals surface area contributed by atoms with Crippen LogP contribution in [0.2, 0.25) is 0 Å². The summed E-state index contributed by atoms with van der Waals surface area (Å²) in [5, 5.41) is 12.1. The molecular weight excluding hydrogens is 302 g/mol. The minimum atomic E-state index is -0.996. The second-order valence-corrected chi connectivity index (χ2v) is 6.67. The number of hydrogen-bond donors (Lipinski definition) is 2. The molecule has 1 fully saturated rings. The average molecular weight is 319 g/mol. The molecule has 0 radical (unpaired) electrons. The van der Waals surface area contributed by atoms with Crippen LogP contribution in [0, 0.1) is 12.8 Å². The third-order valence-corrected chi connectivity index (χ3v) is 5.08. The van der Waals surface area contributed by atoms with E-state index in [9.17, 15) is 9.59 Å². The van der Waals surface area contributed by atoms with Crippen molar-refractivity contribution in [3.8, 4) is 0 Å². The standard InChI is InChI=1S/C15H17N3O3S/c1-8-7-10(22-12(8)15(20)21)14(19)17-11(9-3-4-9)13-16-5-6-18(13)2/h5-7,9,11H,3-4H2,1-2H3,(H,17,19)(H,20,21). The highest BCUT2D eigenvalue weighted by Crippen LogP contribution is 2.40. The number of carboxylic acids is 1. The molecule has 1 saturated carbocycles. The quantitative estimate of drug-likeness (QED) is 0.886. The van der Waals surface area contributed by atoms with Crippen molar-refractivity contribution in [2.45, 2.75) is 25.8 Å². The zero-order valence-electron chi connectivity index (χ0n) is 12.4. The predicted molar refractivity (Wildman–Crippen MR) is 82.2 cm³/mol. The molecule has 22 heavy (non-hydrogen) atoms. The number of rotatable bonds is 5. The van der Waals surface area contributed by atoms with Crippen LogP contribution < -0.4 is 5.32 Å². The molecule has 1 amide bonds. The number of thiophene rings is 1. The lowest BCUT2D eigenvalue weighted by atomic mass is 10.1. The van der Waals surface area contributed by atoms with Gasteiger partial charge in [-0.1, -0.05) is 0 Å². The second kappa shape index (κ2) is 5.57. The van der Waals surface area contributed by atoms with Crippen LogP contribution >= 0.6 is 11.3 Å². The van der Waals surface area contributed by atoms with Gasteiger partial charge >= 0.3 is 5.97 Å². The first-order valence-electron chi connectivity index (χ1n) is 7.09. The maximum Gasteiger partial charge on any atom is 0.346 e. The highest BCUT2D eigenvalue weighted by molar-refractivity contribution is 7.16. The summed E-state index contributed by atoms with van der Waals surface area (Å²) < 4.78 is 1.91. The van der Waals surface area contributed by atoms with Crippen molar-refractivity contribution in [3.63, 3.8) is 0 Å². The first-order chi connectivity index (χ1) is 10.5. The molecule has 0 saturated heterocycles. The summed E-state index contributed by atoms with van der Waals surface area (Å²) in [5.74, 6) is 0.0116. The maximum atomic E-state index is 12.5. The van der Waals surface area contributed by atoms with Crippen molar-refractivity contribution in [3.05, 3.63) is 39.6 Å². The Morgan fingerprint density at radius 2 is 2.23 bits per heavy atom. The molecule has 0 aromatic carbocycles. The Hall–Kier alpha value is -2.15. The van der Waals surface area contributed by atoms with Crippen molar-refractivity contribution < 1.29 is 14.7 Å². The van der Waals surface area contributed by atoms with E-state index in [0.29, 0.717) is 16.4 Å². The van der Waals surface area contributed by atoms with Crippen LogP contribution in [0.25, 0.3) is 0 Å². The highest BCUT2D eigenvalue weighted by atomic mass is 32.1. The second-order valence-electron chi connectivity index (χ2n) is 5.61. The minimum absolute atomic E-state index is 0.122. The Morgan fingerprint density at radius 1 is 1.50 bits per heavy atom. The van der Waals surface area contributed by atoms with Crippen LogP contribution in [0.4, 0.5) is 0 Å². The number of nitrogens with zero attached hydrogens (tertiary/aromatic N) is 2. The van der Waals surface area contributed by atoms with Gasteiger partial charge in [0.2, 0.25) is 0 Å². The largest absolute Gasteiger partial charge is 0.477 e. The van der Waals surface area contributed by atoms with E-state index < -0.39 is 5.97 Å². The zero-order valence-corrected chi connectivity index (χ0v) is 13.2. The fraction of sp³-hybridized carbons (Fsp3) is 0.400. The summed E-state index contributed by atoms with van der Waals surface area (Å²) in [6, 6.07) is 1.51. The van der Waals surface area contributed by atoms with Crippen molar-refractivity contribution in [1.82, 2.24) is 14.9 Å². The van der Waals surface area contributed by atoms with E-state index in [4.69, 9.17) is 5.11 Å². The molecule has 2 aromatic heterocycles. The van der Waals surface area contributed by atoms with Crippen LogP contribution in [-0.2, 0) is 7.05 Å². The van der Waals surface area contributed by atoms with Crippen LogP contribution in [0.3, 0.4) is 0 Å². The number of carbonyl (C=O) groups excluding carboxylic acids is 1. The fourth-order valence-corrected chi connectivity index (χ4v) is 3.43. The Bertz CT molecular complexity index is 730. The van der Waals surface area contributed by atoms with Gasteiger partial charge in [-0.15, -0.1) is 11.3 Å². The molecule has 6 nitrogen and oxygen atoms in total. The monoisotopic (exact) mass is 319 g/mol. The van der Waals surface area contributed by atoms with Crippen LogP contribution in [0.15, 0.2) is 18.5 Å². The van der Waals surface area contributed by atoms with E-state index >= 15 is 0 Å². The van der Waals surface area contributed by atoms with E-state index in [1.807, 2.05) is 17.8 Å². The number of hydrogen-bond acceptors (Lipinski definition) is 4. The molecule has 0 spiro atoms. The minimum Gasteiger partial charge on any atom is -0.477 e. The number of carbonyl (C=O) groups is 2. The maximum absolute atomic E-state index is 12.5. The zero-order chi connectivity index (χ0) is 15.9. The summed E-state index contributed by atoms with van der Waals surface area (Å²) in [7, 11) is 1.90. The van der Waals surface area contributed by atoms with E-state index in [1.54, 1.807) is 19.2 Å². The van der Waals surface area contributed by atoms with Crippen LogP contribution in [-0.4, -0.2) is 26.5 Å². The van der Waals surface area contributed by atoms with E-state index in [2.05, 4.69) is 10.3 Å². The number of aryl methyl sites for hydroxylation is 2. The normalized spacial score (nSPS) is 15.5. The van der Waals surface area contributed by atoms with Gasteiger partial charge in [-0.05, 0) is 37.3 Å². The lowest BCUT2D eigenvalue weighted by Crippen LogP contribution is -2.31. The Balaban J connectivity index is 1.81. The molecule has 1 aliphatic rings. The van der Waals surface area contributed by atoms with Crippen LogP contribution in [0.5, 0.6) is 0 Å². The smallest absolute Gasteiger partial charge is 0.346 e. The third kappa shape index (κ3) is 2.76. The van der Waals surface area contributed by atoms with Gasteiger partial charge in [0.25, 0.3) is 5.91 Å². The molecular formula is C15H17N3O3S. The van der Waals surface area contributed by atoms with E-state index in [1.165, 1.54) is 0 Å². The molecule has 1 aliphatic carbocycles. The molecule has 116 valence electrons. The van der Waals surface area contributed by atoms with Gasteiger partial charge in [-0.3, -0.25) is 4.79 Å². The van der Waals surface area contributed by atoms with Gasteiger partial charge in [-0.25, -0.2) is 9.78 Å². The molecule has 0 bridgehead atoms. The molecule has 2 N–H and O–H groups in total. The third-order valence-electron chi connectivity index (χ3n) is 3.85. The first kappa shape index (κ1) is 14.8. The van der Waals surface area contributed by atoms with Crippen molar-refractivity contribution in [1.29, 1.82) is 0 Å². The summed E-state index contributed by atoms with van der Waals surface area (Å²) in [5.41, 5.74) is 0.614. The van der Waals surface area contributed by atoms with Gasteiger partial charge in [-0.2, -0.15) is 0 Å². The predicted octanol–water partition coefficient (Wildman–Crippen LogP) is 2.37. The van der Waals surface area contributed by atoms with E-state index in [-0.39, 0.29) is 16.8 Å². The number of amides is 1. The van der Waals surface area contributed by atoms with Gasteiger partial charge in [0.1, 0.15) is 10.7 Å². The van der Waals surface area contributed by atoms with Gasteiger partial charge in [0.15, 0.2) is 0 Å². The molecule has 7 heteroatoms. The lowest BCUT2D eigenvalue weighted by molar-refractivity contribution is 0.0701. The first-order valence-corrected chi connectivity index (χ1v) is 7.91. The van der Waals surface area contributed by atoms with Crippen molar-refractivity contribution in [2.75, 3.05) is 0 Å². The van der Waals surface area contributed by atoms with Crippen LogP contribution in [0.1, 0.15) is 49.6 Å². The highest BCUT2D eigenvalue weighted by Gasteiger charge is 2.36. The number of imidazole rings is 1. The molecule has 1 unspecified atom stereocenters. The number of carboxylic acid groups (broad SMARTS) is 1. The van der Waals surface area contributed by atoms with Gasteiger partial charge in [0.05, 0.1) is 10.9 Å². The van der Waals surface area contributed by atoms with Crippen molar-refractivity contribution in [2.24, 2.45) is 13.0 Å². The topological polar surface area (TPSA) is 84.2 Å². The molecule has 2 aromatic rings. The van der Waals surface area contributed by atoms with Gasteiger partial charge < -0.3 is 15.0 Å². The molecule has 2 heterocycles. The number of aromatic nitrogens is 2. The Morgan fingerprint density at radius 3 is 2.73 bits per heavy atom. The van der Waals surface area contributed by atoms with E-state index in [0.717, 1.165) is 30.0 Å². The fourth-order valence-electron chi connectivity index (χ4n) is 2.52. The SMILES string of the molecule is Cc1cc(C(=O)NC(c2nccn2C)C2CC2)sc1C(=O)O. The summed E-state index contributed by atoms with van der Waals surface area (Å²) in [4.78, 5) is 28.5. The summed E-state index contributed by atoms with van der Waals surface area (Å²) >= 11 is 1.01. The van der Waals surface area contributed by atoms with Crippen molar-refractivity contribution >= 4 is 23.2 Å². The summed E-state index contributed by atoms with van der Waals surface area (Å²) in [6.45, 7) is 1.70. The average Bonchev–Trinajstić information content (AvgIpc) is 3.10. The summed E-state index contributed by atoms with van der Waals surface area (Å²) in [6.07, 6.45) is 5.71. The lowest BCUT2D eigenvalue weighted by Gasteiger charge is -2.17. The molecule has 3 rings (SSSR count). The number of nitrogens with one attached hydrogen (secondary N) is 1. The number of aromatic carboxylic acids is 1. The Kier molecular flexibility index (Phi) is 3.74. The Labute approximate surface area is 131 Å². The van der Waals surface area contributed by atoms with Gasteiger partial charge in [0, 0.05) is 19.4 Å². The molecule has 0 aliphatic heterocycles. The molecule has 1 atom stereocenters.